The van der Waals surface area contributed by atoms with E-state index in [2.05, 4.69) is 4.98 Å². The molecule has 0 radical (unpaired) electrons. The molecule has 5 nitrogen and oxygen atoms in total. The summed E-state index contributed by atoms with van der Waals surface area (Å²) in [5.41, 5.74) is 0.995. The maximum atomic E-state index is 12.6. The molecule has 6 heteroatoms. The topological polar surface area (TPSA) is 70.5 Å². The second-order valence-electron chi connectivity index (χ2n) is 5.86. The molecule has 0 aliphatic carbocycles. The summed E-state index contributed by atoms with van der Waals surface area (Å²) >= 11 is 1.38. The molecule has 1 aromatic carbocycles. The van der Waals surface area contributed by atoms with Crippen molar-refractivity contribution in [2.24, 2.45) is 11.8 Å². The first-order valence-corrected chi connectivity index (χ1v) is 8.41. The Labute approximate surface area is 138 Å². The molecule has 2 heterocycles. The summed E-state index contributed by atoms with van der Waals surface area (Å²) in [6.45, 7) is 2.85. The molecule has 1 aliphatic heterocycles. The molecule has 0 spiro atoms. The maximum Gasteiger partial charge on any atom is 0.306 e. The first-order chi connectivity index (χ1) is 11.1. The second-order valence-corrected chi connectivity index (χ2v) is 6.89. The number of aromatic nitrogens is 1. The molecule has 0 bridgehead atoms. The molecule has 1 N–H and O–H groups in total. The Morgan fingerprint density at radius 1 is 1.30 bits per heavy atom. The van der Waals surface area contributed by atoms with Crippen molar-refractivity contribution in [1.82, 2.24) is 9.88 Å². The largest absolute Gasteiger partial charge is 0.481 e. The van der Waals surface area contributed by atoms with Crippen LogP contribution >= 0.6 is 11.3 Å². The van der Waals surface area contributed by atoms with Crippen LogP contribution in [0.1, 0.15) is 23.0 Å². The lowest BCUT2D eigenvalue weighted by Crippen LogP contribution is -2.44. The molecule has 23 heavy (non-hydrogen) atoms. The molecule has 1 fully saturated rings. The summed E-state index contributed by atoms with van der Waals surface area (Å²) in [7, 11) is 0. The molecule has 2 atom stereocenters. The van der Waals surface area contributed by atoms with Gasteiger partial charge in [-0.1, -0.05) is 37.3 Å². The first-order valence-electron chi connectivity index (χ1n) is 7.59. The van der Waals surface area contributed by atoms with Crippen molar-refractivity contribution in [3.63, 3.8) is 0 Å². The van der Waals surface area contributed by atoms with Crippen LogP contribution in [0.5, 0.6) is 0 Å². The van der Waals surface area contributed by atoms with Gasteiger partial charge in [-0.25, -0.2) is 4.98 Å². The monoisotopic (exact) mass is 330 g/mol. The van der Waals surface area contributed by atoms with Crippen LogP contribution in [0.3, 0.4) is 0 Å². The van der Waals surface area contributed by atoms with E-state index in [1.165, 1.54) is 11.3 Å². The normalized spacial score (nSPS) is 21.2. The molecular formula is C17H18N2O3S. The summed E-state index contributed by atoms with van der Waals surface area (Å²) in [5, 5.41) is 9.99. The van der Waals surface area contributed by atoms with Crippen molar-refractivity contribution in [2.75, 3.05) is 13.1 Å². The molecule has 0 saturated carbocycles. The van der Waals surface area contributed by atoms with Gasteiger partial charge in [0.25, 0.3) is 5.91 Å². The Balaban J connectivity index is 1.72. The zero-order chi connectivity index (χ0) is 16.4. The number of aliphatic carboxylic acids is 1. The molecule has 1 saturated heterocycles. The molecule has 3 rings (SSSR count). The van der Waals surface area contributed by atoms with Crippen LogP contribution in [0.25, 0.3) is 10.6 Å². The predicted molar refractivity (Wildman–Crippen MR) is 88.4 cm³/mol. The smallest absolute Gasteiger partial charge is 0.306 e. The van der Waals surface area contributed by atoms with Gasteiger partial charge in [-0.15, -0.1) is 11.3 Å². The Morgan fingerprint density at radius 2 is 2.04 bits per heavy atom. The van der Waals surface area contributed by atoms with Crippen molar-refractivity contribution in [3.05, 3.63) is 41.4 Å². The minimum Gasteiger partial charge on any atom is -0.481 e. The number of hydrogen-bond donors (Lipinski definition) is 1. The Kier molecular flexibility index (Phi) is 4.43. The van der Waals surface area contributed by atoms with Crippen LogP contribution in [0.2, 0.25) is 0 Å². The number of amides is 1. The number of thiazole rings is 1. The lowest BCUT2D eigenvalue weighted by molar-refractivity contribution is -0.145. The molecule has 1 amide bonds. The summed E-state index contributed by atoms with van der Waals surface area (Å²) in [6.07, 6.45) is 2.12. The van der Waals surface area contributed by atoms with Crippen LogP contribution in [0.4, 0.5) is 0 Å². The molecular weight excluding hydrogens is 312 g/mol. The lowest BCUT2D eigenvalue weighted by atomic mass is 9.87. The van der Waals surface area contributed by atoms with Crippen molar-refractivity contribution in [3.8, 4) is 10.6 Å². The zero-order valence-corrected chi connectivity index (χ0v) is 13.6. The van der Waals surface area contributed by atoms with E-state index < -0.39 is 5.97 Å². The van der Waals surface area contributed by atoms with Gasteiger partial charge in [-0.2, -0.15) is 0 Å². The van der Waals surface area contributed by atoms with Crippen molar-refractivity contribution in [2.45, 2.75) is 13.3 Å². The van der Waals surface area contributed by atoms with E-state index >= 15 is 0 Å². The van der Waals surface area contributed by atoms with Gasteiger partial charge in [-0.05, 0) is 12.3 Å². The standard InChI is InChI=1S/C17H18N2O3S/c1-11-10-19(8-7-13(11)17(21)22)16(20)14-9-18-15(23-14)12-5-3-2-4-6-12/h2-6,9,11,13H,7-8,10H2,1H3,(H,21,22). The molecule has 120 valence electrons. The number of nitrogens with zero attached hydrogens (tertiary/aromatic N) is 2. The van der Waals surface area contributed by atoms with E-state index in [0.717, 1.165) is 10.6 Å². The third-order valence-corrected chi connectivity index (χ3v) is 5.28. The SMILES string of the molecule is CC1CN(C(=O)c2cnc(-c3ccccc3)s2)CCC1C(=O)O. The van der Waals surface area contributed by atoms with Crippen molar-refractivity contribution in [1.29, 1.82) is 0 Å². The van der Waals surface area contributed by atoms with Crippen LogP contribution < -0.4 is 0 Å². The molecule has 2 aromatic rings. The number of carboxylic acid groups (broad SMARTS) is 1. The van der Waals surface area contributed by atoms with Gasteiger partial charge >= 0.3 is 5.97 Å². The highest BCUT2D eigenvalue weighted by molar-refractivity contribution is 7.16. The molecule has 1 aliphatic rings. The number of rotatable bonds is 3. The second kappa shape index (κ2) is 6.50. The van der Waals surface area contributed by atoms with Gasteiger partial charge < -0.3 is 10.0 Å². The number of hydrogen-bond acceptors (Lipinski definition) is 4. The van der Waals surface area contributed by atoms with E-state index in [1.807, 2.05) is 37.3 Å². The van der Waals surface area contributed by atoms with Crippen LogP contribution in [0.15, 0.2) is 36.5 Å². The van der Waals surface area contributed by atoms with Gasteiger partial charge in [0.1, 0.15) is 9.88 Å². The third kappa shape index (κ3) is 3.27. The van der Waals surface area contributed by atoms with E-state index in [0.29, 0.717) is 24.4 Å². The summed E-state index contributed by atoms with van der Waals surface area (Å²) in [4.78, 5) is 30.5. The van der Waals surface area contributed by atoms with Crippen molar-refractivity contribution >= 4 is 23.2 Å². The highest BCUT2D eigenvalue weighted by Crippen LogP contribution is 2.28. The summed E-state index contributed by atoms with van der Waals surface area (Å²) in [5.74, 6) is -1.22. The quantitative estimate of drug-likeness (QED) is 0.939. The van der Waals surface area contributed by atoms with E-state index in [-0.39, 0.29) is 17.7 Å². The van der Waals surface area contributed by atoms with Crippen LogP contribution in [-0.2, 0) is 4.79 Å². The highest BCUT2D eigenvalue weighted by Gasteiger charge is 2.33. The number of carboxylic acids is 1. The minimum absolute atomic E-state index is 0.0354. The van der Waals surface area contributed by atoms with Crippen molar-refractivity contribution < 1.29 is 14.7 Å². The third-order valence-electron chi connectivity index (χ3n) is 4.25. The number of carbonyl (C=O) groups excluding carboxylic acids is 1. The van der Waals surface area contributed by atoms with E-state index in [4.69, 9.17) is 5.11 Å². The van der Waals surface area contributed by atoms with Gasteiger partial charge in [0.15, 0.2) is 0 Å². The number of likely N-dealkylation sites (tertiary alicyclic amines) is 1. The van der Waals surface area contributed by atoms with Crippen LogP contribution in [-0.4, -0.2) is 40.0 Å². The van der Waals surface area contributed by atoms with Crippen LogP contribution in [0, 0.1) is 11.8 Å². The Bertz CT molecular complexity index is 714. The highest BCUT2D eigenvalue weighted by atomic mass is 32.1. The minimum atomic E-state index is -0.770. The molecule has 2 unspecified atom stereocenters. The first kappa shape index (κ1) is 15.7. The zero-order valence-electron chi connectivity index (χ0n) is 12.8. The number of carbonyl (C=O) groups is 2. The molecule has 1 aromatic heterocycles. The average Bonchev–Trinajstić information content (AvgIpc) is 3.04. The number of benzene rings is 1. The lowest BCUT2D eigenvalue weighted by Gasteiger charge is -2.34. The Morgan fingerprint density at radius 3 is 2.70 bits per heavy atom. The summed E-state index contributed by atoms with van der Waals surface area (Å²) in [6, 6.07) is 9.76. The fraction of sp³-hybridized carbons (Fsp3) is 0.353. The Hall–Kier alpha value is -2.21. The average molecular weight is 330 g/mol. The van der Waals surface area contributed by atoms with Gasteiger partial charge in [0.05, 0.1) is 12.1 Å². The fourth-order valence-electron chi connectivity index (χ4n) is 2.94. The van der Waals surface area contributed by atoms with Gasteiger partial charge in [0, 0.05) is 18.7 Å². The van der Waals surface area contributed by atoms with Gasteiger partial charge in [0.2, 0.25) is 0 Å². The van der Waals surface area contributed by atoms with Gasteiger partial charge in [-0.3, -0.25) is 9.59 Å². The number of piperidine rings is 1. The van der Waals surface area contributed by atoms with E-state index in [9.17, 15) is 9.59 Å². The predicted octanol–water partition coefficient (Wildman–Crippen LogP) is 2.99. The van der Waals surface area contributed by atoms with E-state index in [1.54, 1.807) is 11.1 Å². The fourth-order valence-corrected chi connectivity index (χ4v) is 3.83. The maximum absolute atomic E-state index is 12.6. The summed E-state index contributed by atoms with van der Waals surface area (Å²) < 4.78 is 0.